The number of rotatable bonds is 10. The van der Waals surface area contributed by atoms with Gasteiger partial charge in [0.15, 0.2) is 6.23 Å². The van der Waals surface area contributed by atoms with Crippen molar-refractivity contribution in [2.45, 2.75) is 82.8 Å². The van der Waals surface area contributed by atoms with Gasteiger partial charge < -0.3 is 9.88 Å². The van der Waals surface area contributed by atoms with Crippen LogP contribution in [0.25, 0.3) is 0 Å². The molecule has 2 aromatic heterocycles. The number of aromatic nitrogens is 3. The van der Waals surface area contributed by atoms with E-state index >= 15 is 0 Å². The minimum Gasteiger partial charge on any atom is -0.337 e. The van der Waals surface area contributed by atoms with Gasteiger partial charge in [0.1, 0.15) is 0 Å². The Kier molecular flexibility index (Phi) is 10.2. The summed E-state index contributed by atoms with van der Waals surface area (Å²) in [6.07, 6.45) is 15.7. The maximum atomic E-state index is 14.0. The summed E-state index contributed by atoms with van der Waals surface area (Å²) in [5.41, 5.74) is 6.28. The van der Waals surface area contributed by atoms with Crippen LogP contribution in [-0.2, 0) is 30.8 Å². The summed E-state index contributed by atoms with van der Waals surface area (Å²) >= 11 is 0. The number of nitrogens with one attached hydrogen (secondary N) is 1. The van der Waals surface area contributed by atoms with E-state index in [-0.39, 0.29) is 18.1 Å². The Labute approximate surface area is 278 Å². The molecule has 9 nitrogen and oxygen atoms in total. The Morgan fingerprint density at radius 2 is 1.72 bits per heavy atom. The Morgan fingerprint density at radius 1 is 0.915 bits per heavy atom. The number of aryl methyl sites for hydroxylation is 3. The van der Waals surface area contributed by atoms with E-state index in [2.05, 4.69) is 85.5 Å². The molecule has 2 aromatic carbocycles. The molecule has 4 aromatic rings. The largest absolute Gasteiger partial charge is 0.337 e. The molecule has 0 radical (unpaired) electrons. The van der Waals surface area contributed by atoms with Crippen LogP contribution in [0.5, 0.6) is 0 Å². The van der Waals surface area contributed by atoms with E-state index in [0.29, 0.717) is 19.6 Å². The van der Waals surface area contributed by atoms with Gasteiger partial charge in [0.25, 0.3) is 0 Å². The zero-order chi connectivity index (χ0) is 31.8. The van der Waals surface area contributed by atoms with Gasteiger partial charge >= 0.3 is 6.03 Å². The summed E-state index contributed by atoms with van der Waals surface area (Å²) in [6.45, 7) is 4.11. The molecule has 3 aliphatic rings. The van der Waals surface area contributed by atoms with Crippen LogP contribution in [0, 0.1) is 0 Å². The Bertz CT molecular complexity index is 1530. The highest BCUT2D eigenvalue weighted by atomic mass is 16.7. The van der Waals surface area contributed by atoms with E-state index in [1.807, 2.05) is 35.9 Å². The molecule has 9 heteroatoms. The SMILES string of the molecule is O=C(NC1CCCCC1)N1CCN(C2c3ccccc3CCc3cccnc32)C[C@@H]1ON(CCCn1ccnc1)Cc1ccccc1. The molecule has 2 fully saturated rings. The molecule has 1 N–H and O–H groups in total. The standard InChI is InChI=1S/C38H47N7O2/c46-38(41-33-15-5-2-6-16-33)45-26-25-43(37-34-17-8-7-13-31(34)18-19-32-14-9-20-40-36(32)37)28-35(45)47-44(27-30-11-3-1-4-12-30)23-10-22-42-24-21-39-29-42/h1,3-4,7-9,11-14,17,20-21,24,29,33,35,37H,2,5-6,10,15-16,18-19,22-23,25-28H2,(H,41,46)/t35-,37?/m0/s1. The van der Waals surface area contributed by atoms with E-state index in [1.54, 1.807) is 0 Å². The number of urea groups is 1. The number of hydroxylamine groups is 2. The van der Waals surface area contributed by atoms with Crippen LogP contribution in [0.4, 0.5) is 4.79 Å². The minimum absolute atomic E-state index is 0.00312. The van der Waals surface area contributed by atoms with Crippen molar-refractivity contribution >= 4 is 6.03 Å². The summed E-state index contributed by atoms with van der Waals surface area (Å²) in [5.74, 6) is 0. The van der Waals surface area contributed by atoms with Crippen molar-refractivity contribution in [3.8, 4) is 0 Å². The average molecular weight is 634 g/mol. The lowest BCUT2D eigenvalue weighted by molar-refractivity contribution is -0.250. The van der Waals surface area contributed by atoms with E-state index < -0.39 is 6.23 Å². The molecule has 1 saturated carbocycles. The lowest BCUT2D eigenvalue weighted by Crippen LogP contribution is -2.61. The number of pyridine rings is 1. The number of hydrogen-bond acceptors (Lipinski definition) is 6. The second kappa shape index (κ2) is 15.2. The summed E-state index contributed by atoms with van der Waals surface area (Å²) in [6, 6.07) is 23.8. The molecule has 0 spiro atoms. The highest BCUT2D eigenvalue weighted by molar-refractivity contribution is 5.75. The van der Waals surface area contributed by atoms with Crippen molar-refractivity contribution in [2.24, 2.45) is 0 Å². The number of fused-ring (bicyclic) bond motifs is 2. The van der Waals surface area contributed by atoms with E-state index in [9.17, 15) is 4.79 Å². The smallest absolute Gasteiger partial charge is 0.319 e. The fraction of sp³-hybridized carbons (Fsp3) is 0.447. The first kappa shape index (κ1) is 31.5. The fourth-order valence-electron chi connectivity index (χ4n) is 7.53. The highest BCUT2D eigenvalue weighted by Crippen LogP contribution is 2.37. The van der Waals surface area contributed by atoms with Gasteiger partial charge in [0, 0.05) is 63.9 Å². The molecule has 3 heterocycles. The number of piperazine rings is 1. The molecule has 1 aliphatic heterocycles. The number of imidazole rings is 1. The third-order valence-corrected chi connectivity index (χ3v) is 9.98. The molecular weight excluding hydrogens is 586 g/mol. The van der Waals surface area contributed by atoms with Gasteiger partial charge in [0.2, 0.25) is 0 Å². The van der Waals surface area contributed by atoms with Crippen LogP contribution in [-0.4, -0.2) is 73.9 Å². The number of carbonyl (C=O) groups excluding carboxylic acids is 1. The third kappa shape index (κ3) is 7.75. The fourth-order valence-corrected chi connectivity index (χ4v) is 7.53. The monoisotopic (exact) mass is 633 g/mol. The minimum atomic E-state index is -0.452. The number of nitrogens with zero attached hydrogens (tertiary/aromatic N) is 6. The Morgan fingerprint density at radius 3 is 2.57 bits per heavy atom. The van der Waals surface area contributed by atoms with Gasteiger partial charge in [-0.05, 0) is 60.4 Å². The Hall–Kier alpha value is -4.05. The summed E-state index contributed by atoms with van der Waals surface area (Å²) < 4.78 is 2.10. The highest BCUT2D eigenvalue weighted by Gasteiger charge is 2.39. The number of amides is 2. The van der Waals surface area contributed by atoms with Crippen LogP contribution in [0.3, 0.4) is 0 Å². The zero-order valence-corrected chi connectivity index (χ0v) is 27.3. The van der Waals surface area contributed by atoms with Crippen molar-refractivity contribution in [2.75, 3.05) is 26.2 Å². The van der Waals surface area contributed by atoms with Gasteiger partial charge in [0.05, 0.1) is 18.1 Å². The second-order valence-electron chi connectivity index (χ2n) is 13.2. The van der Waals surface area contributed by atoms with E-state index in [4.69, 9.17) is 9.82 Å². The lowest BCUT2D eigenvalue weighted by Gasteiger charge is -2.45. The predicted octanol–water partition coefficient (Wildman–Crippen LogP) is 5.98. The molecule has 1 unspecified atom stereocenters. The van der Waals surface area contributed by atoms with E-state index in [0.717, 1.165) is 57.4 Å². The molecule has 2 amide bonds. The quantitative estimate of drug-likeness (QED) is 0.217. The molecule has 0 bridgehead atoms. The first-order valence-electron chi connectivity index (χ1n) is 17.5. The van der Waals surface area contributed by atoms with Crippen LogP contribution in [0.2, 0.25) is 0 Å². The van der Waals surface area contributed by atoms with Gasteiger partial charge in [-0.15, -0.1) is 0 Å². The summed E-state index contributed by atoms with van der Waals surface area (Å²) in [5, 5.41) is 5.45. The average Bonchev–Trinajstić information content (AvgIpc) is 3.57. The second-order valence-corrected chi connectivity index (χ2v) is 13.2. The maximum absolute atomic E-state index is 14.0. The van der Waals surface area contributed by atoms with Gasteiger partial charge in [-0.2, -0.15) is 5.06 Å². The summed E-state index contributed by atoms with van der Waals surface area (Å²) in [4.78, 5) is 34.6. The topological polar surface area (TPSA) is 78.8 Å². The van der Waals surface area contributed by atoms with Crippen LogP contribution >= 0.6 is 0 Å². The lowest BCUT2D eigenvalue weighted by atomic mass is 9.95. The van der Waals surface area contributed by atoms with Crippen LogP contribution < -0.4 is 5.32 Å². The zero-order valence-electron chi connectivity index (χ0n) is 27.3. The Balaban J connectivity index is 1.17. The first-order chi connectivity index (χ1) is 23.2. The molecule has 2 aliphatic carbocycles. The summed E-state index contributed by atoms with van der Waals surface area (Å²) in [7, 11) is 0. The molecular formula is C38H47N7O2. The van der Waals surface area contributed by atoms with Gasteiger partial charge in [-0.1, -0.05) is 79.9 Å². The van der Waals surface area contributed by atoms with Gasteiger partial charge in [-0.3, -0.25) is 19.6 Å². The van der Waals surface area contributed by atoms with E-state index in [1.165, 1.54) is 41.5 Å². The molecule has 246 valence electrons. The first-order valence-corrected chi connectivity index (χ1v) is 17.5. The molecule has 1 saturated heterocycles. The molecule has 47 heavy (non-hydrogen) atoms. The normalized spacial score (nSPS) is 20.4. The number of carbonyl (C=O) groups is 1. The molecule has 2 atom stereocenters. The number of benzene rings is 2. The van der Waals surface area contributed by atoms with Crippen molar-refractivity contribution in [3.63, 3.8) is 0 Å². The van der Waals surface area contributed by atoms with Gasteiger partial charge in [-0.25, -0.2) is 9.78 Å². The third-order valence-electron chi connectivity index (χ3n) is 9.98. The van der Waals surface area contributed by atoms with Crippen molar-refractivity contribution in [1.82, 2.24) is 34.7 Å². The maximum Gasteiger partial charge on any atom is 0.319 e. The van der Waals surface area contributed by atoms with Crippen molar-refractivity contribution in [3.05, 3.63) is 120 Å². The van der Waals surface area contributed by atoms with Crippen LogP contribution in [0.15, 0.2) is 91.6 Å². The van der Waals surface area contributed by atoms with Crippen LogP contribution in [0.1, 0.15) is 72.5 Å². The van der Waals surface area contributed by atoms with Crippen molar-refractivity contribution < 1.29 is 9.63 Å². The number of hydrogen-bond donors (Lipinski definition) is 1. The van der Waals surface area contributed by atoms with Crippen molar-refractivity contribution in [1.29, 1.82) is 0 Å². The molecule has 7 rings (SSSR count). The predicted molar refractivity (Wildman–Crippen MR) is 182 cm³/mol.